The first-order chi connectivity index (χ1) is 6.16. The van der Waals surface area contributed by atoms with E-state index in [0.717, 1.165) is 12.8 Å². The van der Waals surface area contributed by atoms with Crippen LogP contribution >= 0.6 is 0 Å². The minimum absolute atomic E-state index is 0.0600. The van der Waals surface area contributed by atoms with E-state index in [2.05, 4.69) is 6.58 Å². The summed E-state index contributed by atoms with van der Waals surface area (Å²) in [6.45, 7) is 6.36. The summed E-state index contributed by atoms with van der Waals surface area (Å²) < 4.78 is 5.59. The van der Waals surface area contributed by atoms with Crippen molar-refractivity contribution >= 4 is 0 Å². The summed E-state index contributed by atoms with van der Waals surface area (Å²) in [6, 6.07) is 0. The van der Waals surface area contributed by atoms with Gasteiger partial charge in [-0.15, -0.1) is 6.58 Å². The van der Waals surface area contributed by atoms with Gasteiger partial charge in [0.15, 0.2) is 0 Å². The smallest absolute Gasteiger partial charge is 0.0725 e. The molecule has 0 saturated heterocycles. The molecule has 76 valence electrons. The Labute approximate surface area is 81.1 Å². The van der Waals surface area contributed by atoms with Crippen LogP contribution in [0.5, 0.6) is 0 Å². The zero-order valence-electron chi connectivity index (χ0n) is 8.59. The Morgan fingerprint density at radius 3 is 2.62 bits per heavy atom. The van der Waals surface area contributed by atoms with Crippen LogP contribution in [0, 0.1) is 0 Å². The topological polar surface area (TPSA) is 35.2 Å². The van der Waals surface area contributed by atoms with E-state index in [1.165, 1.54) is 19.3 Å². The standard InChI is InChI=1S/C11H21NO/c1-3-10(2)13-9-11(12)7-5-4-6-8-11/h3,10H,1,4-9,12H2,2H3. The predicted octanol–water partition coefficient (Wildman–Crippen LogP) is 2.24. The summed E-state index contributed by atoms with van der Waals surface area (Å²) in [5.74, 6) is 0. The van der Waals surface area contributed by atoms with Crippen molar-refractivity contribution in [3.05, 3.63) is 12.7 Å². The molecule has 0 amide bonds. The molecule has 0 aliphatic heterocycles. The van der Waals surface area contributed by atoms with Crippen LogP contribution in [-0.2, 0) is 4.74 Å². The molecule has 1 aliphatic rings. The lowest BCUT2D eigenvalue weighted by Gasteiger charge is -2.33. The number of nitrogens with two attached hydrogens (primary N) is 1. The molecule has 2 N–H and O–H groups in total. The number of rotatable bonds is 4. The van der Waals surface area contributed by atoms with Gasteiger partial charge in [-0.3, -0.25) is 0 Å². The lowest BCUT2D eigenvalue weighted by atomic mass is 9.83. The van der Waals surface area contributed by atoms with Crippen LogP contribution < -0.4 is 5.73 Å². The first kappa shape index (κ1) is 10.7. The summed E-state index contributed by atoms with van der Waals surface area (Å²) >= 11 is 0. The van der Waals surface area contributed by atoms with E-state index in [1.54, 1.807) is 0 Å². The average Bonchev–Trinajstić information content (AvgIpc) is 2.15. The second-order valence-corrected chi connectivity index (χ2v) is 4.17. The van der Waals surface area contributed by atoms with Gasteiger partial charge in [0, 0.05) is 5.54 Å². The molecule has 0 aromatic carbocycles. The van der Waals surface area contributed by atoms with Crippen LogP contribution in [0.25, 0.3) is 0 Å². The van der Waals surface area contributed by atoms with Gasteiger partial charge in [0.2, 0.25) is 0 Å². The van der Waals surface area contributed by atoms with Gasteiger partial charge in [0.1, 0.15) is 0 Å². The summed E-state index contributed by atoms with van der Waals surface area (Å²) in [5.41, 5.74) is 6.14. The van der Waals surface area contributed by atoms with E-state index in [-0.39, 0.29) is 11.6 Å². The first-order valence-corrected chi connectivity index (χ1v) is 5.19. The SMILES string of the molecule is C=CC(C)OCC1(N)CCCCC1. The van der Waals surface area contributed by atoms with E-state index < -0.39 is 0 Å². The third-order valence-electron chi connectivity index (χ3n) is 2.81. The van der Waals surface area contributed by atoms with Gasteiger partial charge in [-0.1, -0.05) is 25.3 Å². The van der Waals surface area contributed by atoms with E-state index in [0.29, 0.717) is 6.61 Å². The van der Waals surface area contributed by atoms with E-state index in [9.17, 15) is 0 Å². The molecule has 0 heterocycles. The molecule has 13 heavy (non-hydrogen) atoms. The van der Waals surface area contributed by atoms with Gasteiger partial charge in [0.05, 0.1) is 12.7 Å². The van der Waals surface area contributed by atoms with Crippen LogP contribution in [-0.4, -0.2) is 18.2 Å². The maximum absolute atomic E-state index is 6.20. The van der Waals surface area contributed by atoms with Crippen molar-refractivity contribution in [2.45, 2.75) is 50.7 Å². The van der Waals surface area contributed by atoms with Gasteiger partial charge in [-0.2, -0.15) is 0 Å². The van der Waals surface area contributed by atoms with Crippen LogP contribution in [0.2, 0.25) is 0 Å². The molecule has 0 radical (unpaired) electrons. The highest BCUT2D eigenvalue weighted by Gasteiger charge is 2.27. The fraction of sp³-hybridized carbons (Fsp3) is 0.818. The molecule has 1 saturated carbocycles. The summed E-state index contributed by atoms with van der Waals surface area (Å²) in [7, 11) is 0. The van der Waals surface area contributed by atoms with Gasteiger partial charge < -0.3 is 10.5 Å². The zero-order chi connectivity index (χ0) is 9.73. The first-order valence-electron chi connectivity index (χ1n) is 5.19. The normalized spacial score (nSPS) is 23.8. The van der Waals surface area contributed by atoms with E-state index >= 15 is 0 Å². The Morgan fingerprint density at radius 1 is 1.46 bits per heavy atom. The fourth-order valence-electron chi connectivity index (χ4n) is 1.77. The van der Waals surface area contributed by atoms with Crippen molar-refractivity contribution in [1.82, 2.24) is 0 Å². The van der Waals surface area contributed by atoms with Crippen molar-refractivity contribution in [3.63, 3.8) is 0 Å². The molecule has 1 rings (SSSR count). The molecule has 1 fully saturated rings. The third-order valence-corrected chi connectivity index (χ3v) is 2.81. The van der Waals surface area contributed by atoms with Crippen molar-refractivity contribution in [3.8, 4) is 0 Å². The van der Waals surface area contributed by atoms with Crippen molar-refractivity contribution < 1.29 is 4.74 Å². The lowest BCUT2D eigenvalue weighted by Crippen LogP contribution is -2.46. The molecule has 2 nitrogen and oxygen atoms in total. The van der Waals surface area contributed by atoms with Crippen molar-refractivity contribution in [2.24, 2.45) is 5.73 Å². The largest absolute Gasteiger partial charge is 0.373 e. The lowest BCUT2D eigenvalue weighted by molar-refractivity contribution is 0.0417. The summed E-state index contributed by atoms with van der Waals surface area (Å²) in [4.78, 5) is 0. The highest BCUT2D eigenvalue weighted by molar-refractivity contribution is 4.88. The Hall–Kier alpha value is -0.340. The molecular formula is C11H21NO. The van der Waals surface area contributed by atoms with Crippen LogP contribution in [0.3, 0.4) is 0 Å². The molecule has 1 atom stereocenters. The quantitative estimate of drug-likeness (QED) is 0.678. The molecule has 0 aromatic rings. The van der Waals surface area contributed by atoms with Gasteiger partial charge in [-0.05, 0) is 19.8 Å². The molecule has 0 bridgehead atoms. The summed E-state index contributed by atoms with van der Waals surface area (Å²) in [5, 5.41) is 0. The highest BCUT2D eigenvalue weighted by atomic mass is 16.5. The van der Waals surface area contributed by atoms with Gasteiger partial charge >= 0.3 is 0 Å². The number of ether oxygens (including phenoxy) is 1. The third kappa shape index (κ3) is 3.49. The minimum atomic E-state index is -0.0600. The zero-order valence-corrected chi connectivity index (χ0v) is 8.59. The van der Waals surface area contributed by atoms with E-state index in [4.69, 9.17) is 10.5 Å². The van der Waals surface area contributed by atoms with Crippen LogP contribution in [0.15, 0.2) is 12.7 Å². The molecule has 2 heteroatoms. The predicted molar refractivity (Wildman–Crippen MR) is 55.6 cm³/mol. The Morgan fingerprint density at radius 2 is 2.08 bits per heavy atom. The van der Waals surface area contributed by atoms with Gasteiger partial charge in [0.25, 0.3) is 0 Å². The maximum atomic E-state index is 6.20. The Balaban J connectivity index is 2.28. The minimum Gasteiger partial charge on any atom is -0.373 e. The molecule has 1 aliphatic carbocycles. The highest BCUT2D eigenvalue weighted by Crippen LogP contribution is 2.26. The average molecular weight is 183 g/mol. The summed E-state index contributed by atoms with van der Waals surface area (Å²) in [6.07, 6.45) is 7.99. The van der Waals surface area contributed by atoms with Crippen molar-refractivity contribution in [2.75, 3.05) is 6.61 Å². The van der Waals surface area contributed by atoms with Gasteiger partial charge in [-0.25, -0.2) is 0 Å². The molecule has 1 unspecified atom stereocenters. The second-order valence-electron chi connectivity index (χ2n) is 4.17. The number of hydrogen-bond donors (Lipinski definition) is 1. The fourth-order valence-corrected chi connectivity index (χ4v) is 1.77. The Bertz CT molecular complexity index is 161. The van der Waals surface area contributed by atoms with Crippen LogP contribution in [0.1, 0.15) is 39.0 Å². The van der Waals surface area contributed by atoms with E-state index in [1.807, 2.05) is 13.0 Å². The molecule has 0 aromatic heterocycles. The monoisotopic (exact) mass is 183 g/mol. The Kier molecular flexibility index (Phi) is 3.94. The number of hydrogen-bond acceptors (Lipinski definition) is 2. The van der Waals surface area contributed by atoms with Crippen LogP contribution in [0.4, 0.5) is 0 Å². The molecule has 0 spiro atoms. The maximum Gasteiger partial charge on any atom is 0.0725 e. The second kappa shape index (κ2) is 4.77. The molecular weight excluding hydrogens is 162 g/mol. The van der Waals surface area contributed by atoms with Crippen molar-refractivity contribution in [1.29, 1.82) is 0 Å².